The average Bonchev–Trinajstić information content (AvgIpc) is 2.17. The highest BCUT2D eigenvalue weighted by atomic mass is 32.2. The second kappa shape index (κ2) is 4.10. The number of thioether (sulfide) groups is 1. The SMILES string of the molecule is CSc1cc([N+](=O)[O-])cc(C=O)c1O. The number of nitro benzene ring substituents is 1. The van der Waals surface area contributed by atoms with E-state index in [1.165, 1.54) is 6.07 Å². The highest BCUT2D eigenvalue weighted by Crippen LogP contribution is 2.33. The van der Waals surface area contributed by atoms with Crippen LogP contribution < -0.4 is 0 Å². The van der Waals surface area contributed by atoms with Gasteiger partial charge in [0.05, 0.1) is 15.4 Å². The fourth-order valence-corrected chi connectivity index (χ4v) is 1.51. The molecule has 0 aliphatic carbocycles. The molecule has 0 fully saturated rings. The summed E-state index contributed by atoms with van der Waals surface area (Å²) >= 11 is 1.14. The number of aromatic hydroxyl groups is 1. The number of phenols is 1. The van der Waals surface area contributed by atoms with Crippen molar-refractivity contribution in [2.45, 2.75) is 4.90 Å². The van der Waals surface area contributed by atoms with Crippen LogP contribution >= 0.6 is 11.8 Å². The maximum Gasteiger partial charge on any atom is 0.271 e. The van der Waals surface area contributed by atoms with Crippen LogP contribution in [0.5, 0.6) is 5.75 Å². The minimum atomic E-state index is -0.605. The molecule has 0 saturated carbocycles. The summed E-state index contributed by atoms with van der Waals surface area (Å²) in [4.78, 5) is 20.6. The summed E-state index contributed by atoms with van der Waals surface area (Å²) in [7, 11) is 0. The third-order valence-corrected chi connectivity index (χ3v) is 2.40. The number of phenolic OH excluding ortho intramolecular Hbond substituents is 1. The Labute approximate surface area is 83.9 Å². The molecule has 0 saturated heterocycles. The van der Waals surface area contributed by atoms with Crippen molar-refractivity contribution in [2.24, 2.45) is 0 Å². The molecular weight excluding hydrogens is 206 g/mol. The number of carbonyl (C=O) groups is 1. The lowest BCUT2D eigenvalue weighted by atomic mass is 10.2. The highest BCUT2D eigenvalue weighted by molar-refractivity contribution is 7.98. The molecule has 0 spiro atoms. The fourth-order valence-electron chi connectivity index (χ4n) is 0.965. The predicted molar refractivity (Wildman–Crippen MR) is 51.9 cm³/mol. The van der Waals surface area contributed by atoms with Gasteiger partial charge in [0.25, 0.3) is 5.69 Å². The molecular formula is C8H7NO4S. The first-order valence-corrected chi connectivity index (χ1v) is 4.83. The number of carbonyl (C=O) groups excluding carboxylic acids is 1. The zero-order valence-corrected chi connectivity index (χ0v) is 8.08. The Morgan fingerprint density at radius 1 is 1.57 bits per heavy atom. The Bertz CT molecular complexity index is 391. The van der Waals surface area contributed by atoms with E-state index in [1.54, 1.807) is 6.26 Å². The monoisotopic (exact) mass is 213 g/mol. The van der Waals surface area contributed by atoms with Crippen LogP contribution in [0.1, 0.15) is 10.4 Å². The van der Waals surface area contributed by atoms with Crippen molar-refractivity contribution >= 4 is 23.7 Å². The topological polar surface area (TPSA) is 80.4 Å². The van der Waals surface area contributed by atoms with Gasteiger partial charge in [0.1, 0.15) is 5.75 Å². The van der Waals surface area contributed by atoms with Gasteiger partial charge >= 0.3 is 0 Å². The lowest BCUT2D eigenvalue weighted by molar-refractivity contribution is -0.385. The van der Waals surface area contributed by atoms with Gasteiger partial charge in [-0.25, -0.2) is 0 Å². The molecule has 0 atom stereocenters. The molecule has 1 aromatic carbocycles. The van der Waals surface area contributed by atoms with Crippen molar-refractivity contribution in [3.05, 3.63) is 27.8 Å². The molecule has 14 heavy (non-hydrogen) atoms. The smallest absolute Gasteiger partial charge is 0.271 e. The zero-order valence-electron chi connectivity index (χ0n) is 7.26. The normalized spacial score (nSPS) is 9.79. The van der Waals surface area contributed by atoms with E-state index >= 15 is 0 Å². The first-order valence-electron chi connectivity index (χ1n) is 3.60. The van der Waals surface area contributed by atoms with Gasteiger partial charge in [0.2, 0.25) is 0 Å². The molecule has 0 aliphatic rings. The van der Waals surface area contributed by atoms with Crippen molar-refractivity contribution < 1.29 is 14.8 Å². The van der Waals surface area contributed by atoms with Crippen LogP contribution in [0.25, 0.3) is 0 Å². The number of hydrogen-bond acceptors (Lipinski definition) is 5. The third kappa shape index (κ3) is 1.85. The molecule has 5 nitrogen and oxygen atoms in total. The number of hydrogen-bond donors (Lipinski definition) is 1. The maximum absolute atomic E-state index is 10.5. The van der Waals surface area contributed by atoms with Crippen molar-refractivity contribution in [1.82, 2.24) is 0 Å². The molecule has 0 aromatic heterocycles. The van der Waals surface area contributed by atoms with E-state index in [0.29, 0.717) is 11.2 Å². The van der Waals surface area contributed by atoms with Gasteiger partial charge < -0.3 is 5.11 Å². The van der Waals surface area contributed by atoms with Gasteiger partial charge in [-0.1, -0.05) is 0 Å². The van der Waals surface area contributed by atoms with Gasteiger partial charge in [-0.2, -0.15) is 0 Å². The van der Waals surface area contributed by atoms with Crippen LogP contribution in [-0.2, 0) is 0 Å². The van der Waals surface area contributed by atoms with Gasteiger partial charge in [0, 0.05) is 12.1 Å². The van der Waals surface area contributed by atoms with Crippen molar-refractivity contribution in [3.63, 3.8) is 0 Å². The van der Waals surface area contributed by atoms with Crippen molar-refractivity contribution in [1.29, 1.82) is 0 Å². The third-order valence-electron chi connectivity index (χ3n) is 1.65. The lowest BCUT2D eigenvalue weighted by Crippen LogP contribution is -1.92. The van der Waals surface area contributed by atoms with E-state index < -0.39 is 4.92 Å². The van der Waals surface area contributed by atoms with E-state index in [9.17, 15) is 20.0 Å². The summed E-state index contributed by atoms with van der Waals surface area (Å²) in [6, 6.07) is 2.27. The van der Waals surface area contributed by atoms with Crippen LogP contribution in [0, 0.1) is 10.1 Å². The summed E-state index contributed by atoms with van der Waals surface area (Å²) in [5.74, 6) is -0.210. The summed E-state index contributed by atoms with van der Waals surface area (Å²) in [5.41, 5.74) is -0.266. The first-order chi connectivity index (χ1) is 6.60. The molecule has 1 rings (SSSR count). The van der Waals surface area contributed by atoms with E-state index in [1.807, 2.05) is 0 Å². The van der Waals surface area contributed by atoms with E-state index in [4.69, 9.17) is 0 Å². The number of benzene rings is 1. The first kappa shape index (κ1) is 10.5. The van der Waals surface area contributed by atoms with Crippen molar-refractivity contribution in [2.75, 3.05) is 6.26 Å². The van der Waals surface area contributed by atoms with Crippen LogP contribution in [0.3, 0.4) is 0 Å². The van der Waals surface area contributed by atoms with Gasteiger partial charge in [-0.15, -0.1) is 11.8 Å². The van der Waals surface area contributed by atoms with Gasteiger partial charge in [0.15, 0.2) is 6.29 Å². The Balaban J connectivity index is 3.39. The number of aldehydes is 1. The van der Waals surface area contributed by atoms with Gasteiger partial charge in [-0.3, -0.25) is 14.9 Å². The van der Waals surface area contributed by atoms with Gasteiger partial charge in [-0.05, 0) is 6.26 Å². The molecule has 0 radical (unpaired) electrons. The average molecular weight is 213 g/mol. The quantitative estimate of drug-likeness (QED) is 0.358. The Morgan fingerprint density at radius 2 is 2.21 bits per heavy atom. The van der Waals surface area contributed by atoms with Crippen molar-refractivity contribution in [3.8, 4) is 5.75 Å². The Kier molecular flexibility index (Phi) is 3.08. The molecule has 0 heterocycles. The molecule has 0 amide bonds. The maximum atomic E-state index is 10.5. The Morgan fingerprint density at radius 3 is 2.64 bits per heavy atom. The summed E-state index contributed by atoms with van der Waals surface area (Å²) in [5, 5.41) is 19.9. The van der Waals surface area contributed by atoms with Crippen LogP contribution in [0.2, 0.25) is 0 Å². The molecule has 0 unspecified atom stereocenters. The summed E-state index contributed by atoms with van der Waals surface area (Å²) < 4.78 is 0. The predicted octanol–water partition coefficient (Wildman–Crippen LogP) is 1.83. The Hall–Kier alpha value is -1.56. The molecule has 0 aliphatic heterocycles. The van der Waals surface area contributed by atoms with Crippen LogP contribution in [-0.4, -0.2) is 22.6 Å². The largest absolute Gasteiger partial charge is 0.506 e. The minimum absolute atomic E-state index is 0.0662. The van der Waals surface area contributed by atoms with Crippen LogP contribution in [0.15, 0.2) is 17.0 Å². The highest BCUT2D eigenvalue weighted by Gasteiger charge is 2.14. The molecule has 6 heteroatoms. The molecule has 74 valence electrons. The zero-order chi connectivity index (χ0) is 10.7. The minimum Gasteiger partial charge on any atom is -0.506 e. The fraction of sp³-hybridized carbons (Fsp3) is 0.125. The summed E-state index contributed by atoms with van der Waals surface area (Å²) in [6.45, 7) is 0. The number of nitrogens with zero attached hydrogens (tertiary/aromatic N) is 1. The van der Waals surface area contributed by atoms with E-state index in [-0.39, 0.29) is 17.0 Å². The molecule has 0 bridgehead atoms. The number of non-ortho nitro benzene ring substituents is 1. The number of rotatable bonds is 3. The molecule has 1 N–H and O–H groups in total. The van der Waals surface area contributed by atoms with Crippen LogP contribution in [0.4, 0.5) is 5.69 Å². The lowest BCUT2D eigenvalue weighted by Gasteiger charge is -2.02. The standard InChI is InChI=1S/C8H7NO4S/c1-14-7-3-6(9(12)13)2-5(4-10)8(7)11/h2-4,11H,1H3. The summed E-state index contributed by atoms with van der Waals surface area (Å²) in [6.07, 6.45) is 2.05. The second-order valence-corrected chi connectivity index (χ2v) is 3.31. The van der Waals surface area contributed by atoms with E-state index in [0.717, 1.165) is 17.8 Å². The number of nitro groups is 1. The molecule has 1 aromatic rings. The second-order valence-electron chi connectivity index (χ2n) is 2.46. The van der Waals surface area contributed by atoms with E-state index in [2.05, 4.69) is 0 Å².